The fourth-order valence-corrected chi connectivity index (χ4v) is 3.01. The predicted octanol–water partition coefficient (Wildman–Crippen LogP) is 2.46. The summed E-state index contributed by atoms with van der Waals surface area (Å²) in [6, 6.07) is 8.18. The lowest BCUT2D eigenvalue weighted by Gasteiger charge is -2.30. The standard InChI is InChI=1S/C16H22N2O2/c1-4-11(2)18-14(17-16(9-10-16)15(18)19)12-7-5-6-8-13(12)20-3/h5-8,11,14,17H,4,9-10H2,1-3H3. The second-order valence-corrected chi connectivity index (χ2v) is 5.84. The van der Waals surface area contributed by atoms with Crippen molar-refractivity contribution in [1.82, 2.24) is 10.2 Å². The van der Waals surface area contributed by atoms with Gasteiger partial charge in [-0.2, -0.15) is 0 Å². The van der Waals surface area contributed by atoms with E-state index in [1.165, 1.54) is 0 Å². The zero-order valence-electron chi connectivity index (χ0n) is 12.3. The third kappa shape index (κ3) is 1.90. The molecule has 20 heavy (non-hydrogen) atoms. The largest absolute Gasteiger partial charge is 0.496 e. The van der Waals surface area contributed by atoms with Crippen molar-refractivity contribution in [2.24, 2.45) is 0 Å². The average Bonchev–Trinajstić information content (AvgIpc) is 3.20. The number of carbonyl (C=O) groups is 1. The molecule has 108 valence electrons. The number of carbonyl (C=O) groups excluding carboxylic acids is 1. The Labute approximate surface area is 120 Å². The fourth-order valence-electron chi connectivity index (χ4n) is 3.01. The van der Waals surface area contributed by atoms with Crippen molar-refractivity contribution in [3.05, 3.63) is 29.8 Å². The van der Waals surface area contributed by atoms with Gasteiger partial charge in [-0.25, -0.2) is 0 Å². The van der Waals surface area contributed by atoms with Crippen LogP contribution in [0.15, 0.2) is 24.3 Å². The number of hydrogen-bond donors (Lipinski definition) is 1. The normalized spacial score (nSPS) is 25.1. The number of benzene rings is 1. The lowest BCUT2D eigenvalue weighted by Crippen LogP contribution is -2.38. The molecule has 1 aliphatic heterocycles. The fraction of sp³-hybridized carbons (Fsp3) is 0.562. The highest BCUT2D eigenvalue weighted by Crippen LogP contribution is 2.48. The zero-order valence-corrected chi connectivity index (χ0v) is 12.3. The highest BCUT2D eigenvalue weighted by atomic mass is 16.5. The van der Waals surface area contributed by atoms with E-state index in [4.69, 9.17) is 4.74 Å². The lowest BCUT2D eigenvalue weighted by atomic mass is 10.1. The molecule has 2 atom stereocenters. The molecule has 0 aromatic heterocycles. The van der Waals surface area contributed by atoms with Gasteiger partial charge in [0.2, 0.25) is 5.91 Å². The van der Waals surface area contributed by atoms with Crippen LogP contribution in [0.2, 0.25) is 0 Å². The molecular formula is C16H22N2O2. The molecule has 1 aromatic rings. The van der Waals surface area contributed by atoms with Crippen molar-refractivity contribution in [2.45, 2.75) is 50.9 Å². The van der Waals surface area contributed by atoms with Gasteiger partial charge in [-0.15, -0.1) is 0 Å². The van der Waals surface area contributed by atoms with Gasteiger partial charge in [-0.1, -0.05) is 25.1 Å². The van der Waals surface area contributed by atoms with E-state index >= 15 is 0 Å². The van der Waals surface area contributed by atoms with Crippen molar-refractivity contribution >= 4 is 5.91 Å². The van der Waals surface area contributed by atoms with Crippen LogP contribution in [0.25, 0.3) is 0 Å². The predicted molar refractivity (Wildman–Crippen MR) is 77.4 cm³/mol. The number of nitrogens with zero attached hydrogens (tertiary/aromatic N) is 1. The Morgan fingerprint density at radius 1 is 1.45 bits per heavy atom. The van der Waals surface area contributed by atoms with E-state index in [0.717, 1.165) is 30.6 Å². The number of methoxy groups -OCH3 is 1. The monoisotopic (exact) mass is 274 g/mol. The minimum atomic E-state index is -0.297. The van der Waals surface area contributed by atoms with Crippen molar-refractivity contribution in [2.75, 3.05) is 7.11 Å². The summed E-state index contributed by atoms with van der Waals surface area (Å²) in [4.78, 5) is 14.7. The van der Waals surface area contributed by atoms with E-state index in [-0.39, 0.29) is 23.7 Å². The number of rotatable bonds is 4. The van der Waals surface area contributed by atoms with Crippen LogP contribution in [-0.4, -0.2) is 29.5 Å². The van der Waals surface area contributed by atoms with Gasteiger partial charge in [-0.3, -0.25) is 10.1 Å². The molecule has 2 unspecified atom stereocenters. The number of hydrogen-bond acceptors (Lipinski definition) is 3. The minimum absolute atomic E-state index is 0.0731. The number of nitrogens with one attached hydrogen (secondary N) is 1. The van der Waals surface area contributed by atoms with Crippen LogP contribution in [0.3, 0.4) is 0 Å². The zero-order chi connectivity index (χ0) is 14.3. The molecule has 4 heteroatoms. The van der Waals surface area contributed by atoms with Crippen LogP contribution < -0.4 is 10.1 Å². The van der Waals surface area contributed by atoms with Gasteiger partial charge < -0.3 is 9.64 Å². The van der Waals surface area contributed by atoms with Gasteiger partial charge in [-0.05, 0) is 32.3 Å². The molecule has 4 nitrogen and oxygen atoms in total. The van der Waals surface area contributed by atoms with Crippen molar-refractivity contribution < 1.29 is 9.53 Å². The van der Waals surface area contributed by atoms with Crippen LogP contribution in [0.5, 0.6) is 5.75 Å². The van der Waals surface area contributed by atoms with E-state index in [2.05, 4.69) is 19.2 Å². The molecule has 1 spiro atoms. The van der Waals surface area contributed by atoms with Crippen LogP contribution in [0.1, 0.15) is 44.8 Å². The maximum Gasteiger partial charge on any atom is 0.244 e. The molecule has 1 aromatic carbocycles. The number of amides is 1. The average molecular weight is 274 g/mol. The van der Waals surface area contributed by atoms with Gasteiger partial charge in [0.25, 0.3) is 0 Å². The second kappa shape index (κ2) is 4.77. The first-order valence-electron chi connectivity index (χ1n) is 7.36. The molecule has 1 saturated carbocycles. The summed E-state index contributed by atoms with van der Waals surface area (Å²) in [6.45, 7) is 4.23. The maximum atomic E-state index is 12.7. The van der Waals surface area contributed by atoms with Crippen molar-refractivity contribution in [1.29, 1.82) is 0 Å². The van der Waals surface area contributed by atoms with E-state index in [1.807, 2.05) is 29.2 Å². The molecule has 3 rings (SSSR count). The Kier molecular flexibility index (Phi) is 3.21. The van der Waals surface area contributed by atoms with Gasteiger partial charge in [0.1, 0.15) is 17.5 Å². The van der Waals surface area contributed by atoms with E-state index in [0.29, 0.717) is 0 Å². The second-order valence-electron chi connectivity index (χ2n) is 5.84. The molecule has 2 aliphatic rings. The first kappa shape index (κ1) is 13.4. The van der Waals surface area contributed by atoms with Crippen molar-refractivity contribution in [3.8, 4) is 5.75 Å². The SMILES string of the molecule is CCC(C)N1C(=O)C2(CC2)NC1c1ccccc1OC. The van der Waals surface area contributed by atoms with E-state index in [9.17, 15) is 4.79 Å². The smallest absolute Gasteiger partial charge is 0.244 e. The summed E-state index contributed by atoms with van der Waals surface area (Å²) in [6.07, 6.45) is 2.78. The lowest BCUT2D eigenvalue weighted by molar-refractivity contribution is -0.132. The highest BCUT2D eigenvalue weighted by molar-refractivity contribution is 5.92. The molecule has 1 aliphatic carbocycles. The van der Waals surface area contributed by atoms with E-state index in [1.54, 1.807) is 7.11 Å². The molecule has 1 amide bonds. The quantitative estimate of drug-likeness (QED) is 0.917. The van der Waals surface area contributed by atoms with Gasteiger partial charge >= 0.3 is 0 Å². The summed E-state index contributed by atoms with van der Waals surface area (Å²) in [5.74, 6) is 1.09. The molecule has 1 saturated heterocycles. The van der Waals surface area contributed by atoms with Crippen LogP contribution in [-0.2, 0) is 4.79 Å². The third-order valence-electron chi connectivity index (χ3n) is 4.58. The van der Waals surface area contributed by atoms with Crippen LogP contribution in [0.4, 0.5) is 0 Å². The minimum Gasteiger partial charge on any atom is -0.496 e. The Morgan fingerprint density at radius 3 is 2.75 bits per heavy atom. The molecule has 1 N–H and O–H groups in total. The Morgan fingerprint density at radius 2 is 2.15 bits per heavy atom. The molecule has 0 bridgehead atoms. The van der Waals surface area contributed by atoms with Gasteiger partial charge in [0.05, 0.1) is 7.11 Å². The van der Waals surface area contributed by atoms with Gasteiger partial charge in [0, 0.05) is 11.6 Å². The molecular weight excluding hydrogens is 252 g/mol. The first-order chi connectivity index (χ1) is 9.63. The van der Waals surface area contributed by atoms with Crippen LogP contribution >= 0.6 is 0 Å². The van der Waals surface area contributed by atoms with Gasteiger partial charge in [0.15, 0.2) is 0 Å². The topological polar surface area (TPSA) is 41.6 Å². The highest BCUT2D eigenvalue weighted by Gasteiger charge is 2.60. The third-order valence-corrected chi connectivity index (χ3v) is 4.58. The Bertz CT molecular complexity index is 525. The summed E-state index contributed by atoms with van der Waals surface area (Å²) in [5.41, 5.74) is 0.752. The number of para-hydroxylation sites is 1. The Balaban J connectivity index is 2.00. The molecule has 2 fully saturated rings. The maximum absolute atomic E-state index is 12.7. The molecule has 0 radical (unpaired) electrons. The summed E-state index contributed by atoms with van der Waals surface area (Å²) in [5, 5.41) is 3.54. The summed E-state index contributed by atoms with van der Waals surface area (Å²) in [7, 11) is 1.68. The van der Waals surface area contributed by atoms with Crippen LogP contribution in [0, 0.1) is 0 Å². The summed E-state index contributed by atoms with van der Waals surface area (Å²) < 4.78 is 5.47. The first-order valence-corrected chi connectivity index (χ1v) is 7.36. The molecule has 1 heterocycles. The van der Waals surface area contributed by atoms with Crippen molar-refractivity contribution in [3.63, 3.8) is 0 Å². The summed E-state index contributed by atoms with van der Waals surface area (Å²) >= 11 is 0. The van der Waals surface area contributed by atoms with E-state index < -0.39 is 0 Å². The Hall–Kier alpha value is -1.55. The number of ether oxygens (including phenoxy) is 1.